The Kier molecular flexibility index (Phi) is 5.47. The zero-order valence-electron chi connectivity index (χ0n) is 14.7. The number of hydrogen-bond donors (Lipinski definition) is 1. The summed E-state index contributed by atoms with van der Waals surface area (Å²) in [6.45, 7) is 4.75. The maximum Gasteiger partial charge on any atom is 0.224 e. The van der Waals surface area contributed by atoms with E-state index in [-0.39, 0.29) is 24.5 Å². The van der Waals surface area contributed by atoms with Gasteiger partial charge in [-0.3, -0.25) is 9.59 Å². The molecule has 0 saturated heterocycles. The normalized spacial score (nSPS) is 12.6. The monoisotopic (exact) mass is 373 g/mol. The largest absolute Gasteiger partial charge is 0.486 e. The molecular weight excluding hydrogens is 354 g/mol. The average Bonchev–Trinajstić information content (AvgIpc) is 2.62. The smallest absolute Gasteiger partial charge is 0.224 e. The van der Waals surface area contributed by atoms with E-state index in [1.165, 1.54) is 0 Å². The van der Waals surface area contributed by atoms with E-state index in [0.717, 1.165) is 11.1 Å². The van der Waals surface area contributed by atoms with Gasteiger partial charge in [0.1, 0.15) is 13.2 Å². The van der Waals surface area contributed by atoms with Crippen LogP contribution in [0.4, 0.5) is 5.69 Å². The van der Waals surface area contributed by atoms with Crippen molar-refractivity contribution in [2.24, 2.45) is 0 Å². The molecule has 6 heteroatoms. The summed E-state index contributed by atoms with van der Waals surface area (Å²) in [7, 11) is 0. The van der Waals surface area contributed by atoms with E-state index in [2.05, 4.69) is 5.32 Å². The van der Waals surface area contributed by atoms with Gasteiger partial charge in [-0.15, -0.1) is 0 Å². The summed E-state index contributed by atoms with van der Waals surface area (Å²) in [5.41, 5.74) is 3.04. The number of carbonyl (C=O) groups is 2. The fraction of sp³-hybridized carbons (Fsp3) is 0.300. The highest BCUT2D eigenvalue weighted by Crippen LogP contribution is 2.38. The molecule has 0 saturated carbocycles. The SMILES string of the molecule is Cc1ccc(C)c(C(=O)CCC(=O)Nc2cc3c(cc2Cl)OCCO3)c1. The van der Waals surface area contributed by atoms with Crippen LogP contribution in [-0.2, 0) is 4.79 Å². The number of fused-ring (bicyclic) bond motifs is 1. The van der Waals surface area contributed by atoms with E-state index >= 15 is 0 Å². The number of aryl methyl sites for hydroxylation is 2. The highest BCUT2D eigenvalue weighted by molar-refractivity contribution is 6.34. The van der Waals surface area contributed by atoms with Crippen molar-refractivity contribution >= 4 is 29.0 Å². The van der Waals surface area contributed by atoms with Crippen molar-refractivity contribution in [3.63, 3.8) is 0 Å². The molecule has 0 fully saturated rings. The fourth-order valence-corrected chi connectivity index (χ4v) is 2.97. The third-order valence-electron chi connectivity index (χ3n) is 4.18. The minimum absolute atomic E-state index is 0.0466. The van der Waals surface area contributed by atoms with Crippen LogP contribution in [0.3, 0.4) is 0 Å². The van der Waals surface area contributed by atoms with Crippen molar-refractivity contribution in [1.29, 1.82) is 0 Å². The van der Waals surface area contributed by atoms with Gasteiger partial charge in [0.25, 0.3) is 0 Å². The van der Waals surface area contributed by atoms with E-state index in [9.17, 15) is 9.59 Å². The Labute approximate surface area is 157 Å². The number of rotatable bonds is 5. The molecular formula is C20H20ClNO4. The Balaban J connectivity index is 1.62. The van der Waals surface area contributed by atoms with Gasteiger partial charge in [0.15, 0.2) is 17.3 Å². The molecule has 26 heavy (non-hydrogen) atoms. The molecule has 5 nitrogen and oxygen atoms in total. The Morgan fingerprint density at radius 3 is 2.46 bits per heavy atom. The first-order chi connectivity index (χ1) is 12.4. The second-order valence-electron chi connectivity index (χ2n) is 6.27. The van der Waals surface area contributed by atoms with Gasteiger partial charge in [-0.2, -0.15) is 0 Å². The zero-order valence-corrected chi connectivity index (χ0v) is 15.5. The molecule has 0 aliphatic carbocycles. The lowest BCUT2D eigenvalue weighted by molar-refractivity contribution is -0.116. The quantitative estimate of drug-likeness (QED) is 0.792. The van der Waals surface area contributed by atoms with Gasteiger partial charge < -0.3 is 14.8 Å². The Morgan fingerprint density at radius 2 is 1.73 bits per heavy atom. The standard InChI is InChI=1S/C20H20ClNO4/c1-12-3-4-13(2)14(9-12)17(23)5-6-20(24)22-16-11-19-18(10-15(16)21)25-7-8-26-19/h3-4,9-11H,5-8H2,1-2H3,(H,22,24). The molecule has 1 N–H and O–H groups in total. The van der Waals surface area contributed by atoms with Gasteiger partial charge in [-0.1, -0.05) is 29.3 Å². The highest BCUT2D eigenvalue weighted by Gasteiger charge is 2.17. The summed E-state index contributed by atoms with van der Waals surface area (Å²) in [4.78, 5) is 24.6. The molecule has 0 aromatic heterocycles. The fourth-order valence-electron chi connectivity index (χ4n) is 2.77. The van der Waals surface area contributed by atoms with Crippen LogP contribution < -0.4 is 14.8 Å². The molecule has 1 aliphatic rings. The number of ether oxygens (including phenoxy) is 2. The van der Waals surface area contributed by atoms with Crippen LogP contribution in [-0.4, -0.2) is 24.9 Å². The molecule has 1 amide bonds. The van der Waals surface area contributed by atoms with Crippen LogP contribution in [0, 0.1) is 13.8 Å². The molecule has 0 radical (unpaired) electrons. The third-order valence-corrected chi connectivity index (χ3v) is 4.49. The second kappa shape index (κ2) is 7.79. The van der Waals surface area contributed by atoms with Crippen LogP contribution in [0.2, 0.25) is 5.02 Å². The Hall–Kier alpha value is -2.53. The van der Waals surface area contributed by atoms with Gasteiger partial charge in [0, 0.05) is 30.5 Å². The van der Waals surface area contributed by atoms with E-state index in [1.54, 1.807) is 12.1 Å². The highest BCUT2D eigenvalue weighted by atomic mass is 35.5. The van der Waals surface area contributed by atoms with Crippen LogP contribution >= 0.6 is 11.6 Å². The molecule has 1 heterocycles. The first kappa shape index (κ1) is 18.3. The van der Waals surface area contributed by atoms with Crippen LogP contribution in [0.5, 0.6) is 11.5 Å². The molecule has 0 bridgehead atoms. The summed E-state index contributed by atoms with van der Waals surface area (Å²) in [6.07, 6.45) is 0.218. The summed E-state index contributed by atoms with van der Waals surface area (Å²) in [5.74, 6) is 0.781. The number of carbonyl (C=O) groups excluding carboxylic acids is 2. The number of ketones is 1. The van der Waals surface area contributed by atoms with Gasteiger partial charge in [0.05, 0.1) is 10.7 Å². The van der Waals surface area contributed by atoms with Crippen molar-refractivity contribution in [1.82, 2.24) is 0 Å². The van der Waals surface area contributed by atoms with E-state index in [4.69, 9.17) is 21.1 Å². The molecule has 0 unspecified atom stereocenters. The number of anilines is 1. The molecule has 2 aromatic rings. The van der Waals surface area contributed by atoms with E-state index < -0.39 is 0 Å². The van der Waals surface area contributed by atoms with Gasteiger partial charge in [0.2, 0.25) is 5.91 Å². The molecule has 1 aliphatic heterocycles. The predicted octanol–water partition coefficient (Wildman–Crippen LogP) is 4.33. The first-order valence-corrected chi connectivity index (χ1v) is 8.81. The maximum absolute atomic E-state index is 12.4. The predicted molar refractivity (Wildman–Crippen MR) is 101 cm³/mol. The lowest BCUT2D eigenvalue weighted by Gasteiger charge is -2.20. The molecule has 2 aromatic carbocycles. The van der Waals surface area contributed by atoms with E-state index in [1.807, 2.05) is 32.0 Å². The van der Waals surface area contributed by atoms with Crippen LogP contribution in [0.1, 0.15) is 34.3 Å². The lowest BCUT2D eigenvalue weighted by Crippen LogP contribution is -2.17. The number of nitrogens with one attached hydrogen (secondary N) is 1. The minimum Gasteiger partial charge on any atom is -0.486 e. The van der Waals surface area contributed by atoms with Crippen molar-refractivity contribution in [3.8, 4) is 11.5 Å². The molecule has 3 rings (SSSR count). The minimum atomic E-state index is -0.276. The Bertz CT molecular complexity index is 863. The summed E-state index contributed by atoms with van der Waals surface area (Å²) in [6, 6.07) is 8.99. The van der Waals surface area contributed by atoms with Gasteiger partial charge in [-0.05, 0) is 25.5 Å². The summed E-state index contributed by atoms with van der Waals surface area (Å²) < 4.78 is 10.9. The first-order valence-electron chi connectivity index (χ1n) is 8.43. The average molecular weight is 374 g/mol. The zero-order chi connectivity index (χ0) is 18.7. The maximum atomic E-state index is 12.4. The van der Waals surface area contributed by atoms with Gasteiger partial charge in [-0.25, -0.2) is 0 Å². The lowest BCUT2D eigenvalue weighted by atomic mass is 9.99. The van der Waals surface area contributed by atoms with Crippen molar-refractivity contribution in [2.75, 3.05) is 18.5 Å². The van der Waals surface area contributed by atoms with Crippen molar-refractivity contribution in [3.05, 3.63) is 52.0 Å². The molecule has 0 spiro atoms. The third kappa shape index (κ3) is 4.17. The van der Waals surface area contributed by atoms with E-state index in [0.29, 0.717) is 41.0 Å². The summed E-state index contributed by atoms with van der Waals surface area (Å²) >= 11 is 6.18. The topological polar surface area (TPSA) is 64.6 Å². The van der Waals surface area contributed by atoms with Crippen LogP contribution in [0.15, 0.2) is 30.3 Å². The Morgan fingerprint density at radius 1 is 1.04 bits per heavy atom. The number of benzene rings is 2. The van der Waals surface area contributed by atoms with Gasteiger partial charge >= 0.3 is 0 Å². The number of Topliss-reactive ketones (excluding diaryl/α,β-unsaturated/α-hetero) is 1. The molecule has 136 valence electrons. The molecule has 0 atom stereocenters. The number of amides is 1. The second-order valence-corrected chi connectivity index (χ2v) is 6.67. The van der Waals surface area contributed by atoms with Crippen LogP contribution in [0.25, 0.3) is 0 Å². The number of hydrogen-bond acceptors (Lipinski definition) is 4. The van der Waals surface area contributed by atoms with Crippen molar-refractivity contribution < 1.29 is 19.1 Å². The van der Waals surface area contributed by atoms with Crippen molar-refractivity contribution in [2.45, 2.75) is 26.7 Å². The summed E-state index contributed by atoms with van der Waals surface area (Å²) in [5, 5.41) is 3.10. The number of halogens is 1.